The molecule has 0 aromatic heterocycles. The minimum atomic E-state index is -0.402. The molecule has 5 heteroatoms. The molecule has 0 spiro atoms. The van der Waals surface area contributed by atoms with E-state index in [0.717, 1.165) is 4.90 Å². The number of esters is 1. The number of ether oxygens (including phenoxy) is 1. The molecule has 0 saturated carbocycles. The maximum absolute atomic E-state index is 11.8. The van der Waals surface area contributed by atoms with Crippen molar-refractivity contribution in [1.29, 1.82) is 5.26 Å². The third-order valence-corrected chi connectivity index (χ3v) is 3.40. The zero-order valence-corrected chi connectivity index (χ0v) is 13.2. The number of rotatable bonds is 6. The number of hydrogen-bond donors (Lipinski definition) is 0. The van der Waals surface area contributed by atoms with Crippen LogP contribution in [0.4, 0.5) is 0 Å². The summed E-state index contributed by atoms with van der Waals surface area (Å²) < 4.78 is 4.98. The molecule has 21 heavy (non-hydrogen) atoms. The largest absolute Gasteiger partial charge is 0.461 e. The quantitative estimate of drug-likeness (QED) is 0.265. The monoisotopic (exact) mass is 302 g/mol. The average molecular weight is 302 g/mol. The molecule has 110 valence electrons. The lowest BCUT2D eigenvalue weighted by Crippen LogP contribution is -2.21. The van der Waals surface area contributed by atoms with E-state index in [1.54, 1.807) is 38.1 Å². The second-order valence-electron chi connectivity index (χ2n) is 4.22. The fourth-order valence-electron chi connectivity index (χ4n) is 1.47. The van der Waals surface area contributed by atoms with E-state index in [0.29, 0.717) is 17.2 Å². The van der Waals surface area contributed by atoms with Crippen LogP contribution in [-0.4, -0.2) is 31.6 Å². The van der Waals surface area contributed by atoms with Crippen molar-refractivity contribution in [3.8, 4) is 6.07 Å². The van der Waals surface area contributed by atoms with Crippen molar-refractivity contribution in [2.24, 2.45) is 0 Å². The number of nitrogens with zero attached hydrogens (tertiary/aromatic N) is 2. The molecule has 0 bridgehead atoms. The van der Waals surface area contributed by atoms with E-state index in [4.69, 9.17) is 4.74 Å². The van der Waals surface area contributed by atoms with Crippen molar-refractivity contribution < 1.29 is 9.53 Å². The van der Waals surface area contributed by atoms with Gasteiger partial charge in [-0.25, -0.2) is 4.79 Å². The molecular formula is C16H18N2O2S. The smallest absolute Gasteiger partial charge is 0.354 e. The highest BCUT2D eigenvalue weighted by molar-refractivity contribution is 8.03. The summed E-state index contributed by atoms with van der Waals surface area (Å²) in [5.74, 6) is -0.402. The van der Waals surface area contributed by atoms with E-state index in [1.807, 2.05) is 30.3 Å². The molecule has 0 saturated heterocycles. The first kappa shape index (κ1) is 16.9. The molecule has 0 fully saturated rings. The fourth-order valence-corrected chi connectivity index (χ4v) is 2.20. The van der Waals surface area contributed by atoms with Crippen molar-refractivity contribution in [3.63, 3.8) is 0 Å². The minimum Gasteiger partial charge on any atom is -0.461 e. The number of nitriles is 1. The lowest BCUT2D eigenvalue weighted by atomic mass is 10.3. The Morgan fingerprint density at radius 3 is 2.52 bits per heavy atom. The highest BCUT2D eigenvalue weighted by Gasteiger charge is 2.11. The summed E-state index contributed by atoms with van der Waals surface area (Å²) in [7, 11) is 3.51. The molecule has 0 aliphatic carbocycles. The molecule has 4 nitrogen and oxygen atoms in total. The van der Waals surface area contributed by atoms with Crippen molar-refractivity contribution in [1.82, 2.24) is 4.90 Å². The van der Waals surface area contributed by atoms with Crippen LogP contribution in [0.5, 0.6) is 0 Å². The highest BCUT2D eigenvalue weighted by Crippen LogP contribution is 2.25. The summed E-state index contributed by atoms with van der Waals surface area (Å²) in [5, 5.41) is 9.18. The second kappa shape index (κ2) is 8.88. The first-order chi connectivity index (χ1) is 10.1. The molecule has 0 atom stereocenters. The maximum atomic E-state index is 11.8. The average Bonchev–Trinajstić information content (AvgIpc) is 2.47. The van der Waals surface area contributed by atoms with Gasteiger partial charge in [-0.3, -0.25) is 0 Å². The Kier molecular flexibility index (Phi) is 7.13. The van der Waals surface area contributed by atoms with Gasteiger partial charge in [0.2, 0.25) is 0 Å². The zero-order chi connectivity index (χ0) is 15.7. The first-order valence-electron chi connectivity index (χ1n) is 6.48. The SMILES string of the molecule is CCOC(=O)C(=CC=C(C#N)Sc1ccccc1)N(C)C. The Morgan fingerprint density at radius 1 is 1.33 bits per heavy atom. The van der Waals surface area contributed by atoms with Crippen LogP contribution in [0.25, 0.3) is 0 Å². The molecule has 0 amide bonds. The molecule has 1 aromatic carbocycles. The summed E-state index contributed by atoms with van der Waals surface area (Å²) in [5.41, 5.74) is 0.401. The Balaban J connectivity index is 2.92. The van der Waals surface area contributed by atoms with Crippen LogP contribution in [0.3, 0.4) is 0 Å². The molecule has 0 aliphatic heterocycles. The first-order valence-corrected chi connectivity index (χ1v) is 7.29. The van der Waals surface area contributed by atoms with Crippen LogP contribution >= 0.6 is 11.8 Å². The van der Waals surface area contributed by atoms with Gasteiger partial charge in [0.1, 0.15) is 11.8 Å². The van der Waals surface area contributed by atoms with Gasteiger partial charge in [-0.2, -0.15) is 5.26 Å². The Labute approximate surface area is 129 Å². The summed E-state index contributed by atoms with van der Waals surface area (Å²) in [6.07, 6.45) is 3.23. The number of carbonyl (C=O) groups excluding carboxylic acids is 1. The molecule has 0 radical (unpaired) electrons. The van der Waals surface area contributed by atoms with E-state index in [9.17, 15) is 10.1 Å². The van der Waals surface area contributed by atoms with Gasteiger partial charge in [0, 0.05) is 19.0 Å². The minimum absolute atomic E-state index is 0.317. The summed E-state index contributed by atoms with van der Waals surface area (Å²) in [6, 6.07) is 11.7. The van der Waals surface area contributed by atoms with Crippen molar-refractivity contribution in [2.75, 3.05) is 20.7 Å². The lowest BCUT2D eigenvalue weighted by molar-refractivity contribution is -0.140. The van der Waals surface area contributed by atoms with E-state index >= 15 is 0 Å². The van der Waals surface area contributed by atoms with Crippen molar-refractivity contribution >= 4 is 17.7 Å². The number of likely N-dealkylation sites (N-methyl/N-ethyl adjacent to an activating group) is 1. The second-order valence-corrected chi connectivity index (χ2v) is 5.34. The van der Waals surface area contributed by atoms with E-state index in [2.05, 4.69) is 6.07 Å². The lowest BCUT2D eigenvalue weighted by Gasteiger charge is -2.14. The Hall–Kier alpha value is -2.19. The van der Waals surface area contributed by atoms with Gasteiger partial charge in [-0.15, -0.1) is 0 Å². The van der Waals surface area contributed by atoms with Gasteiger partial charge in [0.25, 0.3) is 0 Å². The van der Waals surface area contributed by atoms with Gasteiger partial charge in [0.15, 0.2) is 0 Å². The highest BCUT2D eigenvalue weighted by atomic mass is 32.2. The number of thioether (sulfide) groups is 1. The van der Waals surface area contributed by atoms with E-state index in [-0.39, 0.29) is 0 Å². The molecule has 1 aromatic rings. The van der Waals surface area contributed by atoms with Gasteiger partial charge in [0.05, 0.1) is 11.5 Å². The Morgan fingerprint density at radius 2 is 2.00 bits per heavy atom. The maximum Gasteiger partial charge on any atom is 0.354 e. The zero-order valence-electron chi connectivity index (χ0n) is 12.4. The van der Waals surface area contributed by atoms with Gasteiger partial charge < -0.3 is 9.64 Å². The molecule has 0 heterocycles. The molecule has 1 rings (SSSR count). The summed E-state index contributed by atoms with van der Waals surface area (Å²) in [4.78, 5) is 14.9. The predicted octanol–water partition coefficient (Wildman–Crippen LogP) is 3.19. The topological polar surface area (TPSA) is 53.3 Å². The third kappa shape index (κ3) is 5.76. The van der Waals surface area contributed by atoms with E-state index < -0.39 is 5.97 Å². The number of allylic oxidation sites excluding steroid dienone is 3. The van der Waals surface area contributed by atoms with Crippen molar-refractivity contribution in [3.05, 3.63) is 53.1 Å². The van der Waals surface area contributed by atoms with Gasteiger partial charge in [-0.1, -0.05) is 30.0 Å². The van der Waals surface area contributed by atoms with Crippen LogP contribution in [0.1, 0.15) is 6.92 Å². The molecule has 0 aliphatic rings. The molecule has 0 unspecified atom stereocenters. The molecule has 0 N–H and O–H groups in total. The van der Waals surface area contributed by atoms with Gasteiger partial charge >= 0.3 is 5.97 Å². The van der Waals surface area contributed by atoms with Crippen LogP contribution in [-0.2, 0) is 9.53 Å². The number of benzene rings is 1. The Bertz CT molecular complexity index is 572. The van der Waals surface area contributed by atoms with Crippen molar-refractivity contribution in [2.45, 2.75) is 11.8 Å². The van der Waals surface area contributed by atoms with Gasteiger partial charge in [-0.05, 0) is 31.2 Å². The normalized spacial score (nSPS) is 11.7. The molecular weight excluding hydrogens is 284 g/mol. The summed E-state index contributed by atoms with van der Waals surface area (Å²) in [6.45, 7) is 2.07. The summed E-state index contributed by atoms with van der Waals surface area (Å²) >= 11 is 1.35. The predicted molar refractivity (Wildman–Crippen MR) is 84.4 cm³/mol. The van der Waals surface area contributed by atoms with Crippen LogP contribution in [0.15, 0.2) is 58.0 Å². The van der Waals surface area contributed by atoms with Crippen LogP contribution in [0, 0.1) is 11.3 Å². The third-order valence-electron chi connectivity index (χ3n) is 2.44. The standard InChI is InChI=1S/C16H18N2O2S/c1-4-20-16(19)15(18(2)3)11-10-14(12-17)21-13-8-6-5-7-9-13/h5-11H,4H2,1-3H3. The fraction of sp³-hybridized carbons (Fsp3) is 0.250. The van der Waals surface area contributed by atoms with Crippen LogP contribution in [0.2, 0.25) is 0 Å². The number of carbonyl (C=O) groups is 1. The van der Waals surface area contributed by atoms with E-state index in [1.165, 1.54) is 11.8 Å². The van der Waals surface area contributed by atoms with Crippen LogP contribution < -0.4 is 0 Å². The number of hydrogen-bond acceptors (Lipinski definition) is 5.